The molecule has 3 rings (SSSR count). The van der Waals surface area contributed by atoms with Gasteiger partial charge in [0, 0.05) is 36.3 Å². The summed E-state index contributed by atoms with van der Waals surface area (Å²) in [6.07, 6.45) is 3.47. The van der Waals surface area contributed by atoms with Gasteiger partial charge in [0.05, 0.1) is 7.11 Å². The molecule has 4 N–H and O–H groups in total. The summed E-state index contributed by atoms with van der Waals surface area (Å²) in [7, 11) is 3.43. The molecule has 1 heterocycles. The molecule has 0 spiro atoms. The number of nitrogens with zero attached hydrogens (tertiary/aromatic N) is 2. The van der Waals surface area contributed by atoms with E-state index in [0.29, 0.717) is 22.8 Å². The fourth-order valence-corrected chi connectivity index (χ4v) is 2.94. The van der Waals surface area contributed by atoms with Gasteiger partial charge in [0.25, 0.3) is 5.91 Å². The minimum absolute atomic E-state index is 0.327. The highest BCUT2D eigenvalue weighted by Gasteiger charge is 2.24. The number of aryl methyl sites for hydroxylation is 1. The molecule has 8 heteroatoms. The Labute approximate surface area is 162 Å². The molecule has 3 amide bonds. The minimum atomic E-state index is -0.697. The Morgan fingerprint density at radius 1 is 1.18 bits per heavy atom. The Morgan fingerprint density at radius 3 is 2.64 bits per heavy atom. The van der Waals surface area contributed by atoms with E-state index in [-0.39, 0.29) is 5.91 Å². The lowest BCUT2D eigenvalue weighted by Crippen LogP contribution is -2.31. The zero-order chi connectivity index (χ0) is 20.1. The second-order valence-corrected chi connectivity index (χ2v) is 6.11. The van der Waals surface area contributed by atoms with Gasteiger partial charge in [-0.15, -0.1) is 0 Å². The summed E-state index contributed by atoms with van der Waals surface area (Å²) in [6, 6.07) is 12.7. The van der Waals surface area contributed by atoms with E-state index < -0.39 is 12.1 Å². The molecule has 28 heavy (non-hydrogen) atoms. The van der Waals surface area contributed by atoms with Gasteiger partial charge in [-0.05, 0) is 24.3 Å². The van der Waals surface area contributed by atoms with E-state index in [0.717, 1.165) is 5.56 Å². The van der Waals surface area contributed by atoms with Gasteiger partial charge in [-0.25, -0.2) is 9.78 Å². The van der Waals surface area contributed by atoms with Gasteiger partial charge in [0.15, 0.2) is 0 Å². The first kappa shape index (κ1) is 19.0. The van der Waals surface area contributed by atoms with Crippen LogP contribution in [0.1, 0.15) is 27.8 Å². The van der Waals surface area contributed by atoms with Crippen LogP contribution < -0.4 is 21.1 Å². The lowest BCUT2D eigenvalue weighted by atomic mass is 10.0. The van der Waals surface area contributed by atoms with Crippen LogP contribution in [0.5, 0.6) is 5.75 Å². The molecule has 8 nitrogen and oxygen atoms in total. The predicted molar refractivity (Wildman–Crippen MR) is 105 cm³/mol. The van der Waals surface area contributed by atoms with Gasteiger partial charge < -0.3 is 25.7 Å². The van der Waals surface area contributed by atoms with E-state index >= 15 is 0 Å². The summed E-state index contributed by atoms with van der Waals surface area (Å²) in [4.78, 5) is 28.4. The number of nitrogens with one attached hydrogen (secondary N) is 2. The highest BCUT2D eigenvalue weighted by atomic mass is 16.5. The number of para-hydroxylation sites is 1. The standard InChI is InChI=1S/C20H21N5O3/c1-25-11-10-22-18(25)17(15-8-3-4-9-16(15)28-2)24-19(26)13-6-5-7-14(12-13)23-20(21)27/h3-12,17H,1-2H3,(H,24,26)(H3,21,23,27)/t17-/m1/s1. The predicted octanol–water partition coefficient (Wildman–Crippen LogP) is 2.44. The molecule has 1 atom stereocenters. The Morgan fingerprint density at radius 2 is 1.96 bits per heavy atom. The second kappa shape index (κ2) is 8.26. The molecule has 0 fully saturated rings. The van der Waals surface area contributed by atoms with Crippen molar-refractivity contribution in [3.63, 3.8) is 0 Å². The van der Waals surface area contributed by atoms with E-state index in [1.165, 1.54) is 0 Å². The summed E-state index contributed by atoms with van der Waals surface area (Å²) in [5, 5.41) is 5.46. The molecule has 0 saturated heterocycles. The lowest BCUT2D eigenvalue weighted by Gasteiger charge is -2.21. The molecule has 2 aromatic carbocycles. The van der Waals surface area contributed by atoms with Crippen LogP contribution in [0.25, 0.3) is 0 Å². The van der Waals surface area contributed by atoms with Crippen molar-refractivity contribution in [2.45, 2.75) is 6.04 Å². The smallest absolute Gasteiger partial charge is 0.316 e. The molecule has 3 aromatic rings. The molecule has 0 saturated carbocycles. The summed E-state index contributed by atoms with van der Waals surface area (Å²) in [6.45, 7) is 0. The summed E-state index contributed by atoms with van der Waals surface area (Å²) >= 11 is 0. The number of hydrogen-bond acceptors (Lipinski definition) is 4. The molecule has 144 valence electrons. The van der Waals surface area contributed by atoms with Crippen LogP contribution in [-0.4, -0.2) is 28.6 Å². The third-order valence-electron chi connectivity index (χ3n) is 4.23. The monoisotopic (exact) mass is 379 g/mol. The number of imidazole rings is 1. The van der Waals surface area contributed by atoms with Crippen LogP contribution in [0.4, 0.5) is 10.5 Å². The number of methoxy groups -OCH3 is 1. The lowest BCUT2D eigenvalue weighted by molar-refractivity contribution is 0.0940. The van der Waals surface area contributed by atoms with E-state index in [2.05, 4.69) is 15.6 Å². The van der Waals surface area contributed by atoms with Crippen molar-refractivity contribution in [2.75, 3.05) is 12.4 Å². The third-order valence-corrected chi connectivity index (χ3v) is 4.23. The normalized spacial score (nSPS) is 11.5. The van der Waals surface area contributed by atoms with E-state index in [1.807, 2.05) is 35.9 Å². The first-order chi connectivity index (χ1) is 13.5. The number of aromatic nitrogens is 2. The molecular weight excluding hydrogens is 358 g/mol. The average Bonchev–Trinajstić information content (AvgIpc) is 3.11. The van der Waals surface area contributed by atoms with Gasteiger partial charge in [0.2, 0.25) is 0 Å². The molecule has 0 aliphatic carbocycles. The van der Waals surface area contributed by atoms with Crippen LogP contribution in [0.2, 0.25) is 0 Å². The Hall–Kier alpha value is -3.81. The van der Waals surface area contributed by atoms with Crippen molar-refractivity contribution in [3.8, 4) is 5.75 Å². The number of ether oxygens (including phenoxy) is 1. The molecular formula is C20H21N5O3. The van der Waals surface area contributed by atoms with Crippen LogP contribution in [0.15, 0.2) is 60.9 Å². The van der Waals surface area contributed by atoms with Crippen molar-refractivity contribution in [3.05, 3.63) is 77.9 Å². The number of primary amides is 1. The molecule has 0 aliphatic rings. The van der Waals surface area contributed by atoms with Crippen molar-refractivity contribution < 1.29 is 14.3 Å². The number of benzene rings is 2. The Bertz CT molecular complexity index is 999. The fourth-order valence-electron chi connectivity index (χ4n) is 2.94. The van der Waals surface area contributed by atoms with Gasteiger partial charge >= 0.3 is 6.03 Å². The third kappa shape index (κ3) is 4.12. The quantitative estimate of drug-likeness (QED) is 0.611. The fraction of sp³-hybridized carbons (Fsp3) is 0.150. The minimum Gasteiger partial charge on any atom is -0.496 e. The van der Waals surface area contributed by atoms with Gasteiger partial charge in [-0.1, -0.05) is 24.3 Å². The maximum atomic E-state index is 12.9. The van der Waals surface area contributed by atoms with Crippen LogP contribution >= 0.6 is 0 Å². The molecule has 0 bridgehead atoms. The van der Waals surface area contributed by atoms with Crippen LogP contribution in [0.3, 0.4) is 0 Å². The first-order valence-corrected chi connectivity index (χ1v) is 8.57. The summed E-state index contributed by atoms with van der Waals surface area (Å²) in [5.41, 5.74) is 6.73. The van der Waals surface area contributed by atoms with Gasteiger partial charge in [-0.2, -0.15) is 0 Å². The Kier molecular flexibility index (Phi) is 5.59. The average molecular weight is 379 g/mol. The number of amides is 3. The largest absolute Gasteiger partial charge is 0.496 e. The Balaban J connectivity index is 1.95. The topological polar surface area (TPSA) is 111 Å². The first-order valence-electron chi connectivity index (χ1n) is 8.57. The van der Waals surface area contributed by atoms with Crippen molar-refractivity contribution in [1.82, 2.24) is 14.9 Å². The highest BCUT2D eigenvalue weighted by molar-refractivity contribution is 5.97. The molecule has 0 unspecified atom stereocenters. The summed E-state index contributed by atoms with van der Waals surface area (Å²) < 4.78 is 7.30. The number of urea groups is 1. The maximum absolute atomic E-state index is 12.9. The number of hydrogen-bond donors (Lipinski definition) is 3. The number of anilines is 1. The van der Waals surface area contributed by atoms with Gasteiger partial charge in [0.1, 0.15) is 17.6 Å². The zero-order valence-electron chi connectivity index (χ0n) is 15.5. The summed E-state index contributed by atoms with van der Waals surface area (Å²) in [5.74, 6) is 0.969. The van der Waals surface area contributed by atoms with Crippen molar-refractivity contribution >= 4 is 17.6 Å². The number of rotatable bonds is 6. The van der Waals surface area contributed by atoms with E-state index in [4.69, 9.17) is 10.5 Å². The highest BCUT2D eigenvalue weighted by Crippen LogP contribution is 2.29. The van der Waals surface area contributed by atoms with Crippen molar-refractivity contribution in [2.24, 2.45) is 12.8 Å². The zero-order valence-corrected chi connectivity index (χ0v) is 15.5. The maximum Gasteiger partial charge on any atom is 0.316 e. The van der Waals surface area contributed by atoms with Crippen molar-refractivity contribution in [1.29, 1.82) is 0 Å². The molecule has 1 aromatic heterocycles. The molecule has 0 radical (unpaired) electrons. The number of carbonyl (C=O) groups is 2. The van der Waals surface area contributed by atoms with E-state index in [1.54, 1.807) is 43.8 Å². The number of carbonyl (C=O) groups excluding carboxylic acids is 2. The van der Waals surface area contributed by atoms with Crippen LogP contribution in [-0.2, 0) is 7.05 Å². The SMILES string of the molecule is COc1ccccc1[C@@H](NC(=O)c1cccc(NC(N)=O)c1)c1nccn1C. The van der Waals surface area contributed by atoms with E-state index in [9.17, 15) is 9.59 Å². The second-order valence-electron chi connectivity index (χ2n) is 6.11. The van der Waals surface area contributed by atoms with Gasteiger partial charge in [-0.3, -0.25) is 4.79 Å². The van der Waals surface area contributed by atoms with Crippen LogP contribution in [0, 0.1) is 0 Å². The number of nitrogens with two attached hydrogens (primary N) is 1. The molecule has 0 aliphatic heterocycles.